The zero-order chi connectivity index (χ0) is 41.2. The first-order chi connectivity index (χ1) is 30.7. The first kappa shape index (κ1) is 36.8. The molecule has 0 amide bonds. The average molecular weight is 790 g/mol. The molecule has 0 aliphatic heterocycles. The summed E-state index contributed by atoms with van der Waals surface area (Å²) in [6, 6.07) is 83.5. The van der Waals surface area contributed by atoms with Gasteiger partial charge in [0.2, 0.25) is 0 Å². The van der Waals surface area contributed by atoms with Crippen LogP contribution in [0.2, 0.25) is 0 Å². The van der Waals surface area contributed by atoms with Gasteiger partial charge in [-0.1, -0.05) is 200 Å². The van der Waals surface area contributed by atoms with Crippen LogP contribution in [-0.4, -0.2) is 15.0 Å². The number of rotatable bonds is 8. The smallest absolute Gasteiger partial charge is 0.160 e. The Morgan fingerprint density at radius 1 is 0.242 bits per heavy atom. The number of nitrogens with zero attached hydrogens (tertiary/aromatic N) is 3. The molecule has 0 saturated carbocycles. The van der Waals surface area contributed by atoms with Gasteiger partial charge in [-0.25, -0.2) is 15.0 Å². The highest BCUT2D eigenvalue weighted by atomic mass is 14.9. The van der Waals surface area contributed by atoms with Crippen molar-refractivity contribution in [3.05, 3.63) is 237 Å². The van der Waals surface area contributed by atoms with Gasteiger partial charge in [-0.2, -0.15) is 0 Å². The molecule has 290 valence electrons. The fourth-order valence-electron chi connectivity index (χ4n) is 8.59. The highest BCUT2D eigenvalue weighted by Gasteiger charge is 2.16. The van der Waals surface area contributed by atoms with E-state index in [1.807, 2.05) is 18.2 Å². The second-order valence-corrected chi connectivity index (χ2v) is 15.6. The normalized spacial score (nSPS) is 11.2. The fraction of sp³-hybridized carbons (Fsp3) is 0. The maximum atomic E-state index is 5.24. The molecule has 0 spiro atoms. The molecule has 3 heteroatoms. The van der Waals surface area contributed by atoms with Gasteiger partial charge in [0, 0.05) is 38.4 Å². The maximum absolute atomic E-state index is 5.24. The largest absolute Gasteiger partial charge is 0.247 e. The summed E-state index contributed by atoms with van der Waals surface area (Å²) in [5.41, 5.74) is 17.0. The Kier molecular flexibility index (Phi) is 9.53. The second-order valence-electron chi connectivity index (χ2n) is 15.6. The molecule has 0 aliphatic rings. The van der Waals surface area contributed by atoms with Crippen LogP contribution in [0.25, 0.3) is 111 Å². The molecule has 0 aliphatic carbocycles. The summed E-state index contributed by atoms with van der Waals surface area (Å²) in [4.78, 5) is 15.6. The van der Waals surface area contributed by atoms with Crippen LogP contribution in [0.3, 0.4) is 0 Å². The van der Waals surface area contributed by atoms with Crippen LogP contribution < -0.4 is 0 Å². The summed E-state index contributed by atoms with van der Waals surface area (Å²) in [7, 11) is 0. The average Bonchev–Trinajstić information content (AvgIpc) is 3.37. The Balaban J connectivity index is 1.00. The van der Waals surface area contributed by atoms with Gasteiger partial charge < -0.3 is 0 Å². The monoisotopic (exact) mass is 789 g/mol. The number of hydrogen-bond donors (Lipinski definition) is 0. The minimum atomic E-state index is 0.687. The van der Waals surface area contributed by atoms with Crippen LogP contribution >= 0.6 is 0 Å². The summed E-state index contributed by atoms with van der Waals surface area (Å²) in [6.07, 6.45) is 0. The Labute approximate surface area is 361 Å². The molecule has 9 aromatic carbocycles. The van der Waals surface area contributed by atoms with E-state index in [9.17, 15) is 0 Å². The molecular formula is C59H39N3. The number of aromatic nitrogens is 3. The Morgan fingerprint density at radius 3 is 1.35 bits per heavy atom. The fourth-order valence-corrected chi connectivity index (χ4v) is 8.59. The quantitative estimate of drug-likeness (QED) is 0.144. The van der Waals surface area contributed by atoms with E-state index < -0.39 is 0 Å². The molecule has 0 radical (unpaired) electrons. The van der Waals surface area contributed by atoms with Gasteiger partial charge in [0.25, 0.3) is 0 Å². The Hall–Kier alpha value is -8.27. The molecule has 0 unspecified atom stereocenters. The van der Waals surface area contributed by atoms with Crippen LogP contribution in [0.5, 0.6) is 0 Å². The Bertz CT molecular complexity index is 3310. The molecule has 0 atom stereocenters. The van der Waals surface area contributed by atoms with Gasteiger partial charge in [-0.3, -0.25) is 0 Å². The van der Waals surface area contributed by atoms with Crippen molar-refractivity contribution >= 4 is 21.7 Å². The van der Waals surface area contributed by atoms with Crippen LogP contribution in [0.1, 0.15) is 0 Å². The van der Waals surface area contributed by atoms with Crippen molar-refractivity contribution < 1.29 is 0 Å². The van der Waals surface area contributed by atoms with Crippen molar-refractivity contribution in [3.8, 4) is 89.7 Å². The number of fused-ring (bicyclic) bond motifs is 3. The van der Waals surface area contributed by atoms with Crippen LogP contribution in [-0.2, 0) is 0 Å². The molecule has 2 aromatic heterocycles. The van der Waals surface area contributed by atoms with E-state index in [4.69, 9.17) is 15.0 Å². The van der Waals surface area contributed by atoms with E-state index in [0.717, 1.165) is 94.6 Å². The maximum Gasteiger partial charge on any atom is 0.160 e. The van der Waals surface area contributed by atoms with Crippen LogP contribution in [0, 0.1) is 0 Å². The lowest BCUT2D eigenvalue weighted by Crippen LogP contribution is -1.97. The predicted molar refractivity (Wildman–Crippen MR) is 258 cm³/mol. The SMILES string of the molecule is c1ccc(-c2cc(-c3ccccc3)cc(-c3cc(-c4cccc(-c5ccc(-c6cccc7c(-c8ccccc8)nc8ccccc8c67)cc5)c4)nc(-c4ccccc4)n3)c2)cc1. The molecule has 62 heavy (non-hydrogen) atoms. The van der Waals surface area contributed by atoms with Crippen LogP contribution in [0.15, 0.2) is 237 Å². The number of benzene rings is 9. The zero-order valence-electron chi connectivity index (χ0n) is 33.9. The van der Waals surface area contributed by atoms with Gasteiger partial charge in [0.05, 0.1) is 22.6 Å². The van der Waals surface area contributed by atoms with Crippen molar-refractivity contribution in [3.63, 3.8) is 0 Å². The molecule has 0 N–H and O–H groups in total. The molecule has 2 heterocycles. The van der Waals surface area contributed by atoms with E-state index in [-0.39, 0.29) is 0 Å². The van der Waals surface area contributed by atoms with Crippen molar-refractivity contribution in [2.24, 2.45) is 0 Å². The molecule has 11 aromatic rings. The summed E-state index contributed by atoms with van der Waals surface area (Å²) in [6.45, 7) is 0. The third-order valence-corrected chi connectivity index (χ3v) is 11.7. The van der Waals surface area contributed by atoms with Gasteiger partial charge in [-0.05, 0) is 80.9 Å². The number of hydrogen-bond acceptors (Lipinski definition) is 3. The van der Waals surface area contributed by atoms with Crippen molar-refractivity contribution in [2.75, 3.05) is 0 Å². The highest BCUT2D eigenvalue weighted by molar-refractivity contribution is 6.17. The first-order valence-corrected chi connectivity index (χ1v) is 21.0. The Morgan fingerprint density at radius 2 is 0.694 bits per heavy atom. The minimum absolute atomic E-state index is 0.687. The lowest BCUT2D eigenvalue weighted by Gasteiger charge is -2.15. The zero-order valence-corrected chi connectivity index (χ0v) is 33.9. The van der Waals surface area contributed by atoms with E-state index in [2.05, 4.69) is 218 Å². The van der Waals surface area contributed by atoms with Gasteiger partial charge >= 0.3 is 0 Å². The molecule has 0 saturated heterocycles. The van der Waals surface area contributed by atoms with Crippen molar-refractivity contribution in [1.29, 1.82) is 0 Å². The topological polar surface area (TPSA) is 38.7 Å². The molecule has 11 rings (SSSR count). The molecular weight excluding hydrogens is 751 g/mol. The van der Waals surface area contributed by atoms with Crippen molar-refractivity contribution in [1.82, 2.24) is 15.0 Å². The lowest BCUT2D eigenvalue weighted by atomic mass is 9.92. The second kappa shape index (κ2) is 16.1. The van der Waals surface area contributed by atoms with Crippen LogP contribution in [0.4, 0.5) is 0 Å². The third-order valence-electron chi connectivity index (χ3n) is 11.7. The van der Waals surface area contributed by atoms with Crippen molar-refractivity contribution in [2.45, 2.75) is 0 Å². The molecule has 3 nitrogen and oxygen atoms in total. The first-order valence-electron chi connectivity index (χ1n) is 21.0. The predicted octanol–water partition coefficient (Wildman–Crippen LogP) is 15.5. The third kappa shape index (κ3) is 7.12. The number of para-hydroxylation sites is 1. The van der Waals surface area contributed by atoms with E-state index in [1.54, 1.807) is 0 Å². The van der Waals surface area contributed by atoms with E-state index >= 15 is 0 Å². The molecule has 0 fully saturated rings. The van der Waals surface area contributed by atoms with Gasteiger partial charge in [0.15, 0.2) is 5.82 Å². The minimum Gasteiger partial charge on any atom is -0.247 e. The van der Waals surface area contributed by atoms with Gasteiger partial charge in [0.1, 0.15) is 0 Å². The summed E-state index contributed by atoms with van der Waals surface area (Å²) < 4.78 is 0. The summed E-state index contributed by atoms with van der Waals surface area (Å²) in [5, 5.41) is 3.51. The number of pyridine rings is 1. The summed E-state index contributed by atoms with van der Waals surface area (Å²) in [5.74, 6) is 0.687. The van der Waals surface area contributed by atoms with E-state index in [0.29, 0.717) is 5.82 Å². The van der Waals surface area contributed by atoms with Gasteiger partial charge in [-0.15, -0.1) is 0 Å². The summed E-state index contributed by atoms with van der Waals surface area (Å²) >= 11 is 0. The lowest BCUT2D eigenvalue weighted by molar-refractivity contribution is 1.18. The molecule has 0 bridgehead atoms. The highest BCUT2D eigenvalue weighted by Crippen LogP contribution is 2.40. The van der Waals surface area contributed by atoms with E-state index in [1.165, 1.54) is 10.9 Å². The standard InChI is InChI=1S/C59H39N3/c1-5-17-40(18-6-1)48-36-49(41-19-7-2-8-20-41)38-50(37-48)56-39-55(61-59(62-56)45-23-11-4-12-24-45)47-26-15-25-46(35-47)42-31-33-43(34-32-42)51-28-16-29-53-57(51)52-27-13-14-30-54(52)60-58(53)44-21-9-3-10-22-44/h1-39H.